The molecule has 0 N–H and O–H groups in total. The van der Waals surface area contributed by atoms with Crippen molar-refractivity contribution < 1.29 is 14.4 Å². The van der Waals surface area contributed by atoms with Crippen LogP contribution in [0.5, 0.6) is 0 Å². The molecule has 0 unspecified atom stereocenters. The minimum absolute atomic E-state index is 0.122. The maximum Gasteiger partial charge on any atom is 0.312 e. The van der Waals surface area contributed by atoms with E-state index in [4.69, 9.17) is 5.10 Å². The van der Waals surface area contributed by atoms with Gasteiger partial charge in [-0.3, -0.25) is 14.4 Å². The van der Waals surface area contributed by atoms with Crippen molar-refractivity contribution in [3.8, 4) is 16.9 Å². The van der Waals surface area contributed by atoms with Gasteiger partial charge in [0, 0.05) is 51.0 Å². The molecule has 8 nitrogen and oxygen atoms in total. The third-order valence-electron chi connectivity index (χ3n) is 7.18. The molecule has 2 aromatic carbocycles. The molecule has 0 bridgehead atoms. The lowest BCUT2D eigenvalue weighted by molar-refractivity contribution is -0.152. The van der Waals surface area contributed by atoms with Gasteiger partial charge in [0.25, 0.3) is 5.91 Å². The van der Waals surface area contributed by atoms with Gasteiger partial charge in [-0.15, -0.1) is 0 Å². The smallest absolute Gasteiger partial charge is 0.312 e. The molecule has 3 amide bonds. The van der Waals surface area contributed by atoms with E-state index in [0.29, 0.717) is 50.5 Å². The number of amides is 3. The summed E-state index contributed by atoms with van der Waals surface area (Å²) in [5.41, 5.74) is 5.23. The van der Waals surface area contributed by atoms with E-state index in [9.17, 15) is 14.4 Å². The Balaban J connectivity index is 1.37. The fourth-order valence-electron chi connectivity index (χ4n) is 4.82. The van der Waals surface area contributed by atoms with Crippen molar-refractivity contribution >= 4 is 17.7 Å². The molecule has 36 heavy (non-hydrogen) atoms. The van der Waals surface area contributed by atoms with E-state index in [2.05, 4.69) is 13.0 Å². The van der Waals surface area contributed by atoms with Crippen molar-refractivity contribution in [3.63, 3.8) is 0 Å². The second kappa shape index (κ2) is 9.97. The van der Waals surface area contributed by atoms with E-state index in [1.165, 1.54) is 5.56 Å². The van der Waals surface area contributed by atoms with Crippen LogP contribution in [0.1, 0.15) is 34.3 Å². The predicted octanol–water partition coefficient (Wildman–Crippen LogP) is 3.06. The van der Waals surface area contributed by atoms with Gasteiger partial charge >= 0.3 is 11.8 Å². The molecule has 0 atom stereocenters. The number of likely N-dealkylation sites (tertiary alicyclic amines) is 1. The molecule has 0 spiro atoms. The van der Waals surface area contributed by atoms with E-state index in [0.717, 1.165) is 29.7 Å². The van der Waals surface area contributed by atoms with E-state index < -0.39 is 11.8 Å². The average molecular weight is 486 g/mol. The van der Waals surface area contributed by atoms with Crippen LogP contribution in [-0.2, 0) is 9.59 Å². The summed E-state index contributed by atoms with van der Waals surface area (Å²) in [6.45, 7) is 6.84. The number of piperazine rings is 1. The van der Waals surface area contributed by atoms with E-state index in [1.54, 1.807) is 25.6 Å². The first-order chi connectivity index (χ1) is 17.4. The molecule has 0 radical (unpaired) electrons. The predicted molar refractivity (Wildman–Crippen MR) is 137 cm³/mol. The first-order valence-corrected chi connectivity index (χ1v) is 12.5. The second-order valence-corrected chi connectivity index (χ2v) is 9.55. The number of hydrogen-bond donors (Lipinski definition) is 0. The number of hydrogen-bond acceptors (Lipinski definition) is 4. The standard InChI is InChI=1S/C28H31N5O3/c1-20-10-11-22(18-21(20)2)25-24(19-33(29-25)23-8-4-3-5-9-23)26(34)31-14-16-32(17-15-31)28(36)27(35)30-12-6-7-13-30/h3-5,8-11,18-19H,6-7,12-17H2,1-2H3. The number of aryl methyl sites for hydroxylation is 2. The highest BCUT2D eigenvalue weighted by atomic mass is 16.2. The fraction of sp³-hybridized carbons (Fsp3) is 0.357. The molecule has 186 valence electrons. The van der Waals surface area contributed by atoms with E-state index in [-0.39, 0.29) is 5.91 Å². The van der Waals surface area contributed by atoms with Crippen LogP contribution in [0.2, 0.25) is 0 Å². The van der Waals surface area contributed by atoms with Crippen molar-refractivity contribution in [1.29, 1.82) is 0 Å². The van der Waals surface area contributed by atoms with Gasteiger partial charge in [0.15, 0.2) is 0 Å². The van der Waals surface area contributed by atoms with Crippen LogP contribution in [0.3, 0.4) is 0 Å². The maximum absolute atomic E-state index is 13.7. The molecule has 3 heterocycles. The highest BCUT2D eigenvalue weighted by Crippen LogP contribution is 2.27. The Morgan fingerprint density at radius 3 is 1.97 bits per heavy atom. The molecular formula is C28H31N5O3. The zero-order chi connectivity index (χ0) is 25.2. The summed E-state index contributed by atoms with van der Waals surface area (Å²) in [5.74, 6) is -1.01. The SMILES string of the molecule is Cc1ccc(-c2nn(-c3ccccc3)cc2C(=O)N2CCN(C(=O)C(=O)N3CCCC3)CC2)cc1C. The lowest BCUT2D eigenvalue weighted by Gasteiger charge is -2.35. The topological polar surface area (TPSA) is 78.8 Å². The zero-order valence-electron chi connectivity index (χ0n) is 20.8. The minimum Gasteiger partial charge on any atom is -0.335 e. The quantitative estimate of drug-likeness (QED) is 0.534. The van der Waals surface area contributed by atoms with Gasteiger partial charge in [-0.05, 0) is 56.0 Å². The molecule has 1 aromatic heterocycles. The summed E-state index contributed by atoms with van der Waals surface area (Å²) < 4.78 is 1.74. The van der Waals surface area contributed by atoms with Crippen molar-refractivity contribution in [3.05, 3.63) is 71.4 Å². The number of rotatable bonds is 3. The lowest BCUT2D eigenvalue weighted by atomic mass is 10.0. The zero-order valence-corrected chi connectivity index (χ0v) is 20.8. The van der Waals surface area contributed by atoms with Crippen LogP contribution >= 0.6 is 0 Å². The number of aromatic nitrogens is 2. The number of carbonyl (C=O) groups is 3. The molecule has 2 aliphatic rings. The largest absolute Gasteiger partial charge is 0.335 e. The second-order valence-electron chi connectivity index (χ2n) is 9.55. The third kappa shape index (κ3) is 4.63. The van der Waals surface area contributed by atoms with Crippen LogP contribution in [0.4, 0.5) is 0 Å². The Kier molecular flexibility index (Phi) is 6.59. The minimum atomic E-state index is -0.461. The number of benzene rings is 2. The molecule has 8 heteroatoms. The van der Waals surface area contributed by atoms with Crippen molar-refractivity contribution in [2.75, 3.05) is 39.3 Å². The van der Waals surface area contributed by atoms with Crippen LogP contribution in [0.25, 0.3) is 16.9 Å². The van der Waals surface area contributed by atoms with Gasteiger partial charge in [0.1, 0.15) is 5.69 Å². The van der Waals surface area contributed by atoms with Gasteiger partial charge in [-0.25, -0.2) is 4.68 Å². The van der Waals surface area contributed by atoms with Crippen molar-refractivity contribution in [2.45, 2.75) is 26.7 Å². The Labute approximate surface area is 211 Å². The highest BCUT2D eigenvalue weighted by molar-refractivity contribution is 6.35. The van der Waals surface area contributed by atoms with E-state index in [1.807, 2.05) is 49.4 Å². The first-order valence-electron chi connectivity index (χ1n) is 12.5. The Morgan fingerprint density at radius 2 is 1.33 bits per heavy atom. The Bertz CT molecular complexity index is 1290. The van der Waals surface area contributed by atoms with Gasteiger partial charge in [-0.2, -0.15) is 5.10 Å². The van der Waals surface area contributed by atoms with Gasteiger partial charge < -0.3 is 14.7 Å². The maximum atomic E-state index is 13.7. The Morgan fingerprint density at radius 1 is 0.722 bits per heavy atom. The molecule has 2 saturated heterocycles. The molecule has 3 aromatic rings. The third-order valence-corrected chi connectivity index (χ3v) is 7.18. The monoisotopic (exact) mass is 485 g/mol. The summed E-state index contributed by atoms with van der Waals surface area (Å²) >= 11 is 0. The van der Waals surface area contributed by atoms with Crippen LogP contribution in [-0.4, -0.2) is 81.5 Å². The van der Waals surface area contributed by atoms with Crippen molar-refractivity contribution in [1.82, 2.24) is 24.5 Å². The summed E-state index contributed by atoms with van der Waals surface area (Å²) in [4.78, 5) is 43.9. The highest BCUT2D eigenvalue weighted by Gasteiger charge is 2.33. The lowest BCUT2D eigenvalue weighted by Crippen LogP contribution is -2.54. The first kappa shape index (κ1) is 23.8. The Hall–Kier alpha value is -3.94. The summed E-state index contributed by atoms with van der Waals surface area (Å²) in [6.07, 6.45) is 3.68. The summed E-state index contributed by atoms with van der Waals surface area (Å²) in [5, 5.41) is 4.80. The molecular weight excluding hydrogens is 454 g/mol. The number of nitrogens with zero attached hydrogens (tertiary/aromatic N) is 5. The fourth-order valence-corrected chi connectivity index (χ4v) is 4.82. The molecule has 0 aliphatic carbocycles. The number of para-hydroxylation sites is 1. The summed E-state index contributed by atoms with van der Waals surface area (Å²) in [6, 6.07) is 15.8. The molecule has 0 saturated carbocycles. The van der Waals surface area contributed by atoms with Gasteiger partial charge in [0.05, 0.1) is 11.3 Å². The number of carbonyl (C=O) groups excluding carboxylic acids is 3. The van der Waals surface area contributed by atoms with Gasteiger partial charge in [-0.1, -0.05) is 30.3 Å². The average Bonchev–Trinajstić information content (AvgIpc) is 3.61. The van der Waals surface area contributed by atoms with Crippen LogP contribution in [0.15, 0.2) is 54.7 Å². The van der Waals surface area contributed by atoms with Crippen LogP contribution in [0, 0.1) is 13.8 Å². The van der Waals surface area contributed by atoms with Crippen LogP contribution < -0.4 is 0 Å². The molecule has 2 aliphatic heterocycles. The summed E-state index contributed by atoms with van der Waals surface area (Å²) in [7, 11) is 0. The molecule has 5 rings (SSSR count). The van der Waals surface area contributed by atoms with Gasteiger partial charge in [0.2, 0.25) is 0 Å². The normalized spacial score (nSPS) is 15.9. The van der Waals surface area contributed by atoms with Crippen molar-refractivity contribution in [2.24, 2.45) is 0 Å². The molecule has 2 fully saturated rings. The van der Waals surface area contributed by atoms with E-state index >= 15 is 0 Å².